The highest BCUT2D eigenvalue weighted by molar-refractivity contribution is 5.54. The molecule has 3 rings (SSSR count). The molecule has 0 spiro atoms. The Morgan fingerprint density at radius 3 is 1.36 bits per heavy atom. The van der Waals surface area contributed by atoms with Gasteiger partial charge in [-0.2, -0.15) is 9.98 Å². The minimum absolute atomic E-state index is 0.00818. The van der Waals surface area contributed by atoms with Crippen molar-refractivity contribution in [3.63, 3.8) is 0 Å². The van der Waals surface area contributed by atoms with Gasteiger partial charge in [0.1, 0.15) is 0 Å². The zero-order valence-electron chi connectivity index (χ0n) is 14.5. The molecule has 0 aromatic heterocycles. The van der Waals surface area contributed by atoms with Crippen molar-refractivity contribution < 1.29 is 14.5 Å². The maximum atomic E-state index is 10.9. The van der Waals surface area contributed by atoms with E-state index in [0.29, 0.717) is 11.4 Å². The third kappa shape index (κ3) is 4.14. The van der Waals surface area contributed by atoms with Crippen molar-refractivity contribution in [3.05, 3.63) is 99.6 Å². The minimum atomic E-state index is -0.447. The molecule has 0 atom stereocenters. The molecule has 0 fully saturated rings. The summed E-state index contributed by atoms with van der Waals surface area (Å²) in [6.07, 6.45) is 3.00. The van der Waals surface area contributed by atoms with Crippen molar-refractivity contribution in [1.82, 2.24) is 0 Å². The molecule has 0 saturated heterocycles. The standard InChI is InChI=1S/C21H13N3O4/c25-13-22-18-7-1-15(2-8-18)21(16-3-9-19(10-4-16)23-14-26)17-5-11-20(12-6-17)24(27)28/h1-12,21H. The molecule has 0 aliphatic heterocycles. The van der Waals surface area contributed by atoms with E-state index in [9.17, 15) is 19.7 Å². The predicted octanol–water partition coefficient (Wildman–Crippen LogP) is 4.71. The van der Waals surface area contributed by atoms with Crippen LogP contribution in [0.15, 0.2) is 82.8 Å². The van der Waals surface area contributed by atoms with Crippen molar-refractivity contribution in [2.75, 3.05) is 0 Å². The smallest absolute Gasteiger partial charge is 0.258 e. The number of nitro groups is 1. The zero-order chi connectivity index (χ0) is 19.9. The van der Waals surface area contributed by atoms with Gasteiger partial charge in [-0.15, -0.1) is 0 Å². The second-order valence-corrected chi connectivity index (χ2v) is 5.87. The number of isocyanates is 2. The quantitative estimate of drug-likeness (QED) is 0.206. The highest BCUT2D eigenvalue weighted by atomic mass is 16.6. The molecular weight excluding hydrogens is 358 g/mol. The predicted molar refractivity (Wildman–Crippen MR) is 102 cm³/mol. The van der Waals surface area contributed by atoms with Gasteiger partial charge in [0, 0.05) is 18.1 Å². The molecule has 0 N–H and O–H groups in total. The van der Waals surface area contributed by atoms with Crippen molar-refractivity contribution in [2.45, 2.75) is 5.92 Å². The van der Waals surface area contributed by atoms with Gasteiger partial charge in [0.05, 0.1) is 16.3 Å². The Labute approximate surface area is 159 Å². The van der Waals surface area contributed by atoms with Gasteiger partial charge >= 0.3 is 0 Å². The van der Waals surface area contributed by atoms with E-state index < -0.39 is 4.92 Å². The number of hydrogen-bond donors (Lipinski definition) is 0. The fourth-order valence-corrected chi connectivity index (χ4v) is 2.95. The van der Waals surface area contributed by atoms with Crippen LogP contribution in [0.5, 0.6) is 0 Å². The maximum Gasteiger partial charge on any atom is 0.269 e. The third-order valence-corrected chi connectivity index (χ3v) is 4.24. The molecule has 0 radical (unpaired) electrons. The van der Waals surface area contributed by atoms with E-state index in [-0.39, 0.29) is 11.6 Å². The van der Waals surface area contributed by atoms with E-state index in [1.807, 2.05) is 24.3 Å². The summed E-state index contributed by atoms with van der Waals surface area (Å²) >= 11 is 0. The van der Waals surface area contributed by atoms with Gasteiger partial charge in [-0.1, -0.05) is 36.4 Å². The molecule has 7 nitrogen and oxygen atoms in total. The number of aliphatic imine (C=N–C) groups is 2. The molecule has 136 valence electrons. The molecule has 0 saturated carbocycles. The Bertz CT molecular complexity index is 954. The average Bonchev–Trinajstić information content (AvgIpc) is 2.72. The number of nitrogens with zero attached hydrogens (tertiary/aromatic N) is 3. The Hall–Kier alpha value is -4.18. The summed E-state index contributed by atoms with van der Waals surface area (Å²) in [7, 11) is 0. The normalized spacial score (nSPS) is 11.0. The molecular formula is C21H13N3O4. The first-order valence-corrected chi connectivity index (χ1v) is 8.22. The van der Waals surface area contributed by atoms with Crippen LogP contribution in [-0.4, -0.2) is 17.1 Å². The fourth-order valence-electron chi connectivity index (χ4n) is 2.95. The summed E-state index contributed by atoms with van der Waals surface area (Å²) in [6, 6.07) is 20.5. The summed E-state index contributed by atoms with van der Waals surface area (Å²) in [5, 5.41) is 10.9. The lowest BCUT2D eigenvalue weighted by Crippen LogP contribution is -2.03. The first-order valence-electron chi connectivity index (χ1n) is 8.22. The number of carbonyl (C=O) groups excluding carboxylic acids is 2. The molecule has 0 bridgehead atoms. The topological polar surface area (TPSA) is 102 Å². The van der Waals surface area contributed by atoms with Crippen molar-refractivity contribution in [3.8, 4) is 0 Å². The Morgan fingerprint density at radius 2 is 1.04 bits per heavy atom. The summed E-state index contributed by atoms with van der Waals surface area (Å²) < 4.78 is 0. The van der Waals surface area contributed by atoms with Gasteiger partial charge < -0.3 is 0 Å². The molecule has 0 aliphatic carbocycles. The van der Waals surface area contributed by atoms with Crippen molar-refractivity contribution >= 4 is 29.2 Å². The Kier molecular flexibility index (Phi) is 5.63. The Balaban J connectivity index is 2.08. The van der Waals surface area contributed by atoms with Gasteiger partial charge in [-0.05, 0) is 41.0 Å². The van der Waals surface area contributed by atoms with Gasteiger partial charge in [-0.25, -0.2) is 9.59 Å². The molecule has 0 unspecified atom stereocenters. The van der Waals surface area contributed by atoms with Crippen LogP contribution in [0.2, 0.25) is 0 Å². The maximum absolute atomic E-state index is 10.9. The van der Waals surface area contributed by atoms with E-state index in [1.54, 1.807) is 36.4 Å². The molecule has 28 heavy (non-hydrogen) atoms. The number of rotatable bonds is 6. The fraction of sp³-hybridized carbons (Fsp3) is 0.0476. The van der Waals surface area contributed by atoms with Crippen molar-refractivity contribution in [2.24, 2.45) is 9.98 Å². The van der Waals surface area contributed by atoms with Crippen LogP contribution in [-0.2, 0) is 9.59 Å². The highest BCUT2D eigenvalue weighted by Crippen LogP contribution is 2.34. The van der Waals surface area contributed by atoms with Gasteiger partial charge in [0.2, 0.25) is 12.2 Å². The second-order valence-electron chi connectivity index (χ2n) is 5.87. The van der Waals surface area contributed by atoms with Crippen LogP contribution >= 0.6 is 0 Å². The molecule has 3 aromatic rings. The van der Waals surface area contributed by atoms with E-state index in [0.717, 1.165) is 16.7 Å². The van der Waals surface area contributed by atoms with Crippen LogP contribution in [0.1, 0.15) is 22.6 Å². The largest absolute Gasteiger partial charge is 0.269 e. The first kappa shape index (κ1) is 18.6. The zero-order valence-corrected chi connectivity index (χ0v) is 14.5. The van der Waals surface area contributed by atoms with E-state index in [4.69, 9.17) is 0 Å². The summed E-state index contributed by atoms with van der Waals surface area (Å²) in [4.78, 5) is 38.5. The minimum Gasteiger partial charge on any atom is -0.258 e. The van der Waals surface area contributed by atoms with E-state index >= 15 is 0 Å². The second kappa shape index (κ2) is 8.47. The Morgan fingerprint density at radius 1 is 0.679 bits per heavy atom. The van der Waals surface area contributed by atoms with Crippen LogP contribution < -0.4 is 0 Å². The number of non-ortho nitro benzene ring substituents is 1. The number of benzene rings is 3. The van der Waals surface area contributed by atoms with Crippen LogP contribution in [0.3, 0.4) is 0 Å². The molecule has 0 heterocycles. The lowest BCUT2D eigenvalue weighted by atomic mass is 9.85. The summed E-state index contributed by atoms with van der Waals surface area (Å²) in [5.41, 5.74) is 3.64. The van der Waals surface area contributed by atoms with E-state index in [1.165, 1.54) is 24.3 Å². The molecule has 0 amide bonds. The number of nitro benzene ring substituents is 1. The van der Waals surface area contributed by atoms with Crippen LogP contribution in [0.4, 0.5) is 17.1 Å². The van der Waals surface area contributed by atoms with Crippen LogP contribution in [0.25, 0.3) is 0 Å². The average molecular weight is 371 g/mol. The lowest BCUT2D eigenvalue weighted by Gasteiger charge is -2.19. The third-order valence-electron chi connectivity index (χ3n) is 4.24. The van der Waals surface area contributed by atoms with E-state index in [2.05, 4.69) is 9.98 Å². The van der Waals surface area contributed by atoms with Gasteiger partial charge in [0.25, 0.3) is 5.69 Å². The summed E-state index contributed by atoms with van der Waals surface area (Å²) in [5.74, 6) is -0.218. The molecule has 0 aliphatic rings. The SMILES string of the molecule is O=C=Nc1ccc(C(c2ccc(N=C=O)cc2)c2ccc([N+](=O)[O-])cc2)cc1. The van der Waals surface area contributed by atoms with Crippen LogP contribution in [0, 0.1) is 10.1 Å². The molecule has 3 aromatic carbocycles. The number of hydrogen-bond acceptors (Lipinski definition) is 6. The van der Waals surface area contributed by atoms with Gasteiger partial charge in [-0.3, -0.25) is 10.1 Å². The molecule has 7 heteroatoms. The van der Waals surface area contributed by atoms with Gasteiger partial charge in [0.15, 0.2) is 0 Å². The summed E-state index contributed by atoms with van der Waals surface area (Å²) in [6.45, 7) is 0. The highest BCUT2D eigenvalue weighted by Gasteiger charge is 2.18. The van der Waals surface area contributed by atoms with Crippen molar-refractivity contribution in [1.29, 1.82) is 0 Å². The first-order chi connectivity index (χ1) is 13.6. The monoisotopic (exact) mass is 371 g/mol. The lowest BCUT2D eigenvalue weighted by molar-refractivity contribution is -0.384.